The number of carbonyl (C=O) groups is 3. The van der Waals surface area contributed by atoms with E-state index in [9.17, 15) is 14.4 Å². The van der Waals surface area contributed by atoms with Crippen LogP contribution in [0.4, 0.5) is 5.69 Å². The van der Waals surface area contributed by atoms with E-state index in [1.807, 2.05) is 67.8 Å². The molecular formula is C14H18I3N5O3. The van der Waals surface area contributed by atoms with Crippen molar-refractivity contribution in [1.29, 1.82) is 0 Å². The van der Waals surface area contributed by atoms with Crippen molar-refractivity contribution in [3.8, 4) is 0 Å². The van der Waals surface area contributed by atoms with E-state index in [1.54, 1.807) is 0 Å². The predicted octanol–water partition coefficient (Wildman–Crippen LogP) is 0.836. The molecule has 1 rings (SSSR count). The Morgan fingerprint density at radius 3 is 1.56 bits per heavy atom. The summed E-state index contributed by atoms with van der Waals surface area (Å²) in [6.07, 6.45) is 0. The number of nitrogens with two attached hydrogens (primary N) is 2. The summed E-state index contributed by atoms with van der Waals surface area (Å²) in [5.74, 6) is -0.996. The number of amides is 3. The lowest BCUT2D eigenvalue weighted by Crippen LogP contribution is -2.34. The Balaban J connectivity index is 3.57. The monoisotopic (exact) mass is 685 g/mol. The van der Waals surface area contributed by atoms with E-state index in [4.69, 9.17) is 11.5 Å². The molecule has 3 amide bonds. The van der Waals surface area contributed by atoms with Gasteiger partial charge in [0.15, 0.2) is 0 Å². The van der Waals surface area contributed by atoms with Crippen molar-refractivity contribution in [2.75, 3.05) is 31.5 Å². The number of rotatable bonds is 7. The number of hydrogen-bond donors (Lipinski definition) is 5. The standard InChI is InChI=1S/C14H18I3N5O3/c1-6(23)22-12-10(16)7(13(24)20-4-2-18)9(15)8(11(12)17)14(25)21-5-3-19/h2-5,18-19H2,1H3,(H,20,24)(H,21,25)(H,22,23). The highest BCUT2D eigenvalue weighted by molar-refractivity contribution is 14.1. The van der Waals surface area contributed by atoms with Gasteiger partial charge in [0.1, 0.15) is 0 Å². The van der Waals surface area contributed by atoms with Crippen LogP contribution in [-0.4, -0.2) is 43.9 Å². The Labute approximate surface area is 186 Å². The SMILES string of the molecule is CC(=O)Nc1c(I)c(C(=O)NCCN)c(I)c(C(=O)NCCN)c1I. The number of hydrogen-bond acceptors (Lipinski definition) is 5. The molecule has 7 N–H and O–H groups in total. The summed E-state index contributed by atoms with van der Waals surface area (Å²) < 4.78 is 1.63. The molecule has 0 heterocycles. The van der Waals surface area contributed by atoms with Crippen LogP contribution in [0.3, 0.4) is 0 Å². The quantitative estimate of drug-likeness (QED) is 0.271. The molecule has 0 saturated carbocycles. The summed E-state index contributed by atoms with van der Waals surface area (Å²) in [6, 6.07) is 0. The molecule has 0 aliphatic carbocycles. The van der Waals surface area contributed by atoms with Gasteiger partial charge in [0, 0.05) is 36.7 Å². The van der Waals surface area contributed by atoms with E-state index in [-0.39, 0.29) is 17.7 Å². The van der Waals surface area contributed by atoms with Gasteiger partial charge in [-0.05, 0) is 67.8 Å². The fraction of sp³-hybridized carbons (Fsp3) is 0.357. The van der Waals surface area contributed by atoms with E-state index < -0.39 is 0 Å². The van der Waals surface area contributed by atoms with Crippen molar-refractivity contribution < 1.29 is 14.4 Å². The molecule has 0 atom stereocenters. The number of nitrogens with one attached hydrogen (secondary N) is 3. The molecule has 8 nitrogen and oxygen atoms in total. The van der Waals surface area contributed by atoms with Crippen LogP contribution in [0.25, 0.3) is 0 Å². The summed E-state index contributed by atoms with van der Waals surface area (Å²) in [5, 5.41) is 8.10. The van der Waals surface area contributed by atoms with Crippen molar-refractivity contribution in [3.63, 3.8) is 0 Å². The summed E-state index contributed by atoms with van der Waals surface area (Å²) in [5.41, 5.74) is 12.0. The fourth-order valence-corrected chi connectivity index (χ4v) is 6.31. The minimum absolute atomic E-state index is 0.293. The number of carbonyl (C=O) groups excluding carboxylic acids is 3. The van der Waals surface area contributed by atoms with Crippen molar-refractivity contribution in [3.05, 3.63) is 21.8 Å². The molecule has 138 valence electrons. The lowest BCUT2D eigenvalue weighted by Gasteiger charge is -2.19. The average Bonchev–Trinajstić information content (AvgIpc) is 2.54. The Hall–Kier alpha value is -0.260. The Bertz CT molecular complexity index is 650. The first-order valence-corrected chi connectivity index (χ1v) is 10.4. The van der Waals surface area contributed by atoms with Gasteiger partial charge in [0.2, 0.25) is 5.91 Å². The Kier molecular flexibility index (Phi) is 9.83. The van der Waals surface area contributed by atoms with Crippen molar-refractivity contribution in [2.45, 2.75) is 6.92 Å². The molecule has 0 saturated heterocycles. The Morgan fingerprint density at radius 2 is 1.24 bits per heavy atom. The molecule has 0 radical (unpaired) electrons. The number of anilines is 1. The highest BCUT2D eigenvalue weighted by Crippen LogP contribution is 2.35. The summed E-state index contributed by atoms with van der Waals surface area (Å²) in [6.45, 7) is 2.58. The second-order valence-corrected chi connectivity index (χ2v) is 8.07. The van der Waals surface area contributed by atoms with Gasteiger partial charge < -0.3 is 27.4 Å². The predicted molar refractivity (Wildman–Crippen MR) is 122 cm³/mol. The maximum Gasteiger partial charge on any atom is 0.253 e. The fourth-order valence-electron chi connectivity index (χ4n) is 1.90. The smallest absolute Gasteiger partial charge is 0.253 e. The summed E-state index contributed by atoms with van der Waals surface area (Å²) in [4.78, 5) is 36.6. The second kappa shape index (κ2) is 10.8. The van der Waals surface area contributed by atoms with Crippen LogP contribution >= 0.6 is 67.8 Å². The first-order chi connectivity index (χ1) is 11.8. The lowest BCUT2D eigenvalue weighted by atomic mass is 10.1. The second-order valence-electron chi connectivity index (χ2n) is 4.84. The van der Waals surface area contributed by atoms with Gasteiger partial charge in [0.25, 0.3) is 11.8 Å². The van der Waals surface area contributed by atoms with Gasteiger partial charge in [-0.3, -0.25) is 14.4 Å². The van der Waals surface area contributed by atoms with Crippen molar-refractivity contribution in [1.82, 2.24) is 10.6 Å². The molecule has 25 heavy (non-hydrogen) atoms. The summed E-state index contributed by atoms with van der Waals surface area (Å²) >= 11 is 5.96. The van der Waals surface area contributed by atoms with Crippen molar-refractivity contribution >= 4 is 91.2 Å². The van der Waals surface area contributed by atoms with Gasteiger partial charge in [-0.1, -0.05) is 0 Å². The van der Waals surface area contributed by atoms with Gasteiger partial charge in [0.05, 0.1) is 24.0 Å². The van der Waals surface area contributed by atoms with Crippen molar-refractivity contribution in [2.24, 2.45) is 11.5 Å². The highest BCUT2D eigenvalue weighted by Gasteiger charge is 2.27. The van der Waals surface area contributed by atoms with Gasteiger partial charge in [-0.25, -0.2) is 0 Å². The molecule has 0 bridgehead atoms. The molecule has 0 unspecified atom stereocenters. The number of benzene rings is 1. The maximum atomic E-state index is 12.5. The molecule has 0 aromatic heterocycles. The van der Waals surface area contributed by atoms with Crippen LogP contribution in [0.2, 0.25) is 0 Å². The molecule has 0 aliphatic rings. The topological polar surface area (TPSA) is 139 Å². The van der Waals surface area contributed by atoms with E-state index in [0.29, 0.717) is 53.7 Å². The van der Waals surface area contributed by atoms with Gasteiger partial charge >= 0.3 is 0 Å². The minimum Gasteiger partial charge on any atom is -0.351 e. The first-order valence-electron chi connectivity index (χ1n) is 7.20. The zero-order valence-corrected chi connectivity index (χ0v) is 19.8. The average molecular weight is 685 g/mol. The van der Waals surface area contributed by atoms with Gasteiger partial charge in [-0.15, -0.1) is 0 Å². The van der Waals surface area contributed by atoms with Crippen LogP contribution in [0.1, 0.15) is 27.6 Å². The van der Waals surface area contributed by atoms with E-state index in [1.165, 1.54) is 6.92 Å². The molecule has 1 aromatic carbocycles. The molecule has 11 heteroatoms. The van der Waals surface area contributed by atoms with Crippen LogP contribution in [0.5, 0.6) is 0 Å². The summed E-state index contributed by atoms with van der Waals surface area (Å²) in [7, 11) is 0. The first kappa shape index (κ1) is 22.8. The molecule has 0 aliphatic heterocycles. The van der Waals surface area contributed by atoms with Crippen LogP contribution in [0, 0.1) is 10.7 Å². The zero-order chi connectivity index (χ0) is 19.1. The third kappa shape index (κ3) is 5.86. The lowest BCUT2D eigenvalue weighted by molar-refractivity contribution is -0.114. The largest absolute Gasteiger partial charge is 0.351 e. The normalized spacial score (nSPS) is 10.3. The molecular weight excluding hydrogens is 667 g/mol. The van der Waals surface area contributed by atoms with Crippen LogP contribution in [-0.2, 0) is 4.79 Å². The highest BCUT2D eigenvalue weighted by atomic mass is 127. The third-order valence-electron chi connectivity index (χ3n) is 2.93. The van der Waals surface area contributed by atoms with Crippen LogP contribution < -0.4 is 27.4 Å². The molecule has 0 spiro atoms. The van der Waals surface area contributed by atoms with E-state index in [2.05, 4.69) is 16.0 Å². The Morgan fingerprint density at radius 1 is 0.840 bits per heavy atom. The van der Waals surface area contributed by atoms with E-state index >= 15 is 0 Å². The third-order valence-corrected chi connectivity index (χ3v) is 6.17. The number of halogens is 3. The zero-order valence-electron chi connectivity index (χ0n) is 13.3. The van der Waals surface area contributed by atoms with Crippen LogP contribution in [0.15, 0.2) is 0 Å². The van der Waals surface area contributed by atoms with Gasteiger partial charge in [-0.2, -0.15) is 0 Å². The molecule has 0 fully saturated rings. The molecule has 1 aromatic rings. The minimum atomic E-state index is -0.352. The maximum absolute atomic E-state index is 12.5. The van der Waals surface area contributed by atoms with E-state index in [0.717, 1.165) is 0 Å².